The van der Waals surface area contributed by atoms with Crippen molar-refractivity contribution in [3.8, 4) is 11.1 Å². The van der Waals surface area contributed by atoms with E-state index in [9.17, 15) is 9.59 Å². The molecule has 2 aromatic rings. The monoisotopic (exact) mass is 398 g/mol. The van der Waals surface area contributed by atoms with Gasteiger partial charge in [0, 0.05) is 18.2 Å². The molecule has 2 aromatic carbocycles. The lowest BCUT2D eigenvalue weighted by molar-refractivity contribution is -0.122. The third-order valence-electron chi connectivity index (χ3n) is 4.55. The molecule has 29 heavy (non-hydrogen) atoms. The molecule has 3 N–H and O–H groups in total. The van der Waals surface area contributed by atoms with E-state index < -0.39 is 0 Å². The molecule has 1 aliphatic rings. The maximum atomic E-state index is 12.2. The van der Waals surface area contributed by atoms with Crippen LogP contribution in [0.15, 0.2) is 48.5 Å². The highest BCUT2D eigenvalue weighted by atomic mass is 16.5. The van der Waals surface area contributed by atoms with Crippen LogP contribution in [-0.4, -0.2) is 49.2 Å². The highest BCUT2D eigenvalue weighted by Gasteiger charge is 2.15. The standard InChI is InChI=1S/C21H24N2O3.CH2O2/c1-2-26-21(25)18-11-7-16(8-12-18)15-5-9-17(10-6-15)20(24)23-14-19-4-3-13-22-19;2-1-3/h5-12,19,22H,2-4,13-14H2,1H3,(H,23,24);1H,(H,2,3)/t19-;/m0./s1. The van der Waals surface area contributed by atoms with Gasteiger partial charge in [-0.3, -0.25) is 9.59 Å². The van der Waals surface area contributed by atoms with Crippen LogP contribution in [0, 0.1) is 0 Å². The fourth-order valence-corrected chi connectivity index (χ4v) is 3.08. The normalized spacial score (nSPS) is 15.0. The largest absolute Gasteiger partial charge is 0.483 e. The van der Waals surface area contributed by atoms with Gasteiger partial charge >= 0.3 is 5.97 Å². The van der Waals surface area contributed by atoms with E-state index in [-0.39, 0.29) is 18.3 Å². The van der Waals surface area contributed by atoms with Gasteiger partial charge in [-0.05, 0) is 61.7 Å². The van der Waals surface area contributed by atoms with Gasteiger partial charge in [0.05, 0.1) is 12.2 Å². The lowest BCUT2D eigenvalue weighted by Gasteiger charge is -2.11. The molecule has 7 heteroatoms. The van der Waals surface area contributed by atoms with Crippen molar-refractivity contribution >= 4 is 18.3 Å². The number of amides is 1. The van der Waals surface area contributed by atoms with E-state index in [0.717, 1.165) is 24.1 Å². The van der Waals surface area contributed by atoms with Crippen molar-refractivity contribution in [1.82, 2.24) is 10.6 Å². The Hall–Kier alpha value is -3.19. The van der Waals surface area contributed by atoms with Crippen LogP contribution >= 0.6 is 0 Å². The first-order valence-electron chi connectivity index (χ1n) is 9.56. The minimum Gasteiger partial charge on any atom is -0.483 e. The van der Waals surface area contributed by atoms with E-state index in [0.29, 0.717) is 30.3 Å². The van der Waals surface area contributed by atoms with Gasteiger partial charge in [0.2, 0.25) is 0 Å². The summed E-state index contributed by atoms with van der Waals surface area (Å²) in [6.07, 6.45) is 2.28. The second-order valence-electron chi connectivity index (χ2n) is 6.48. The van der Waals surface area contributed by atoms with Crippen molar-refractivity contribution in [3.05, 3.63) is 59.7 Å². The molecule has 0 saturated carbocycles. The van der Waals surface area contributed by atoms with Gasteiger partial charge in [0.25, 0.3) is 12.4 Å². The zero-order chi connectivity index (χ0) is 21.1. The average molecular weight is 398 g/mol. The SMILES string of the molecule is CCOC(=O)c1ccc(-c2ccc(C(=O)NC[C@@H]3CCCN3)cc2)cc1.O=CO. The predicted octanol–water partition coefficient (Wildman–Crippen LogP) is 2.71. The van der Waals surface area contributed by atoms with Gasteiger partial charge in [-0.25, -0.2) is 4.79 Å². The highest BCUT2D eigenvalue weighted by Crippen LogP contribution is 2.21. The molecule has 0 spiro atoms. The van der Waals surface area contributed by atoms with Crippen LogP contribution in [0.3, 0.4) is 0 Å². The molecule has 0 bridgehead atoms. The third kappa shape index (κ3) is 6.73. The minimum absolute atomic E-state index is 0.0529. The van der Waals surface area contributed by atoms with Crippen LogP contribution in [0.2, 0.25) is 0 Å². The Morgan fingerprint density at radius 1 is 1.10 bits per heavy atom. The topological polar surface area (TPSA) is 105 Å². The summed E-state index contributed by atoms with van der Waals surface area (Å²) in [4.78, 5) is 32.3. The second-order valence-corrected chi connectivity index (χ2v) is 6.48. The van der Waals surface area contributed by atoms with Crippen molar-refractivity contribution in [3.63, 3.8) is 0 Å². The van der Waals surface area contributed by atoms with Crippen LogP contribution in [0.5, 0.6) is 0 Å². The van der Waals surface area contributed by atoms with E-state index in [4.69, 9.17) is 14.6 Å². The Kier molecular flexibility index (Phi) is 8.85. The van der Waals surface area contributed by atoms with Crippen LogP contribution in [-0.2, 0) is 9.53 Å². The van der Waals surface area contributed by atoms with E-state index in [1.54, 1.807) is 19.1 Å². The van der Waals surface area contributed by atoms with Crippen LogP contribution in [0.4, 0.5) is 0 Å². The Bertz CT molecular complexity index is 797. The van der Waals surface area contributed by atoms with Crippen molar-refractivity contribution in [2.45, 2.75) is 25.8 Å². The van der Waals surface area contributed by atoms with Gasteiger partial charge in [-0.15, -0.1) is 0 Å². The summed E-state index contributed by atoms with van der Waals surface area (Å²) >= 11 is 0. The van der Waals surface area contributed by atoms with Gasteiger partial charge in [-0.1, -0.05) is 24.3 Å². The Morgan fingerprint density at radius 3 is 2.14 bits per heavy atom. The molecule has 154 valence electrons. The number of ether oxygens (including phenoxy) is 1. The second kappa shape index (κ2) is 11.6. The molecule has 1 aliphatic heterocycles. The summed E-state index contributed by atoms with van der Waals surface area (Å²) in [6.45, 7) is 3.59. The average Bonchev–Trinajstić information content (AvgIpc) is 3.27. The maximum absolute atomic E-state index is 12.2. The van der Waals surface area contributed by atoms with Gasteiger partial charge in [-0.2, -0.15) is 0 Å². The number of rotatable bonds is 6. The molecule has 1 atom stereocenters. The lowest BCUT2D eigenvalue weighted by atomic mass is 10.0. The van der Waals surface area contributed by atoms with E-state index in [1.807, 2.05) is 36.4 Å². The van der Waals surface area contributed by atoms with Crippen molar-refractivity contribution in [2.24, 2.45) is 0 Å². The van der Waals surface area contributed by atoms with Crippen LogP contribution < -0.4 is 10.6 Å². The first kappa shape index (κ1) is 22.1. The molecule has 1 amide bonds. The first-order chi connectivity index (χ1) is 14.1. The third-order valence-corrected chi connectivity index (χ3v) is 4.55. The molecule has 7 nitrogen and oxygen atoms in total. The van der Waals surface area contributed by atoms with E-state index >= 15 is 0 Å². The molecule has 0 aromatic heterocycles. The molecule has 0 unspecified atom stereocenters. The minimum atomic E-state index is -0.317. The first-order valence-corrected chi connectivity index (χ1v) is 9.56. The summed E-state index contributed by atoms with van der Waals surface area (Å²) in [5, 5.41) is 13.2. The Morgan fingerprint density at radius 2 is 1.66 bits per heavy atom. The molecule has 1 fully saturated rings. The van der Waals surface area contributed by atoms with Gasteiger partial charge < -0.3 is 20.5 Å². The quantitative estimate of drug-likeness (QED) is 0.510. The predicted molar refractivity (Wildman–Crippen MR) is 110 cm³/mol. The van der Waals surface area contributed by atoms with E-state index in [2.05, 4.69) is 10.6 Å². The molecule has 0 radical (unpaired) electrons. The summed E-state index contributed by atoms with van der Waals surface area (Å²) in [6, 6.07) is 15.1. The molecule has 3 rings (SSSR count). The Labute approximate surface area is 170 Å². The summed E-state index contributed by atoms with van der Waals surface area (Å²) in [5.74, 6) is -0.370. The molecule has 1 saturated heterocycles. The van der Waals surface area contributed by atoms with Crippen molar-refractivity contribution < 1.29 is 24.2 Å². The zero-order valence-corrected chi connectivity index (χ0v) is 16.4. The summed E-state index contributed by atoms with van der Waals surface area (Å²) < 4.78 is 4.99. The van der Waals surface area contributed by atoms with Crippen molar-refractivity contribution in [2.75, 3.05) is 19.7 Å². The number of hydrogen-bond donors (Lipinski definition) is 3. The fraction of sp³-hybridized carbons (Fsp3) is 0.318. The van der Waals surface area contributed by atoms with Gasteiger partial charge in [0.1, 0.15) is 0 Å². The lowest BCUT2D eigenvalue weighted by Crippen LogP contribution is -2.37. The van der Waals surface area contributed by atoms with Crippen LogP contribution in [0.25, 0.3) is 11.1 Å². The number of hydrogen-bond acceptors (Lipinski definition) is 5. The van der Waals surface area contributed by atoms with Crippen LogP contribution in [0.1, 0.15) is 40.5 Å². The summed E-state index contributed by atoms with van der Waals surface area (Å²) in [5.41, 5.74) is 3.16. The maximum Gasteiger partial charge on any atom is 0.338 e. The summed E-state index contributed by atoms with van der Waals surface area (Å²) in [7, 11) is 0. The number of carbonyl (C=O) groups excluding carboxylic acids is 2. The number of benzene rings is 2. The molecule has 1 heterocycles. The smallest absolute Gasteiger partial charge is 0.338 e. The number of carbonyl (C=O) groups is 3. The fourth-order valence-electron chi connectivity index (χ4n) is 3.08. The molecular weight excluding hydrogens is 372 g/mol. The number of esters is 1. The molecule has 0 aliphatic carbocycles. The number of carboxylic acid groups (broad SMARTS) is 1. The number of nitrogens with one attached hydrogen (secondary N) is 2. The highest BCUT2D eigenvalue weighted by molar-refractivity contribution is 5.94. The zero-order valence-electron chi connectivity index (χ0n) is 16.4. The molecular formula is C22H26N2O5. The Balaban J connectivity index is 0.000000941. The van der Waals surface area contributed by atoms with Crippen molar-refractivity contribution in [1.29, 1.82) is 0 Å². The van der Waals surface area contributed by atoms with Gasteiger partial charge in [0.15, 0.2) is 0 Å². The van der Waals surface area contributed by atoms with E-state index in [1.165, 1.54) is 6.42 Å².